The average molecular weight is 630 g/mol. The number of nitrogens with one attached hydrogen (secondary N) is 1. The number of urea groups is 1. The van der Waals surface area contributed by atoms with E-state index in [0.29, 0.717) is 51.4 Å². The van der Waals surface area contributed by atoms with Crippen LogP contribution in [0.25, 0.3) is 10.9 Å². The molecule has 0 saturated carbocycles. The Hall–Kier alpha value is -4.09. The number of anilines is 1. The highest BCUT2D eigenvalue weighted by molar-refractivity contribution is 6.76. The molecular formula is C34H43N5O5Si. The van der Waals surface area contributed by atoms with Gasteiger partial charge in [0, 0.05) is 64.0 Å². The first-order chi connectivity index (χ1) is 21.6. The van der Waals surface area contributed by atoms with Crippen molar-refractivity contribution in [3.63, 3.8) is 0 Å². The fourth-order valence-corrected chi connectivity index (χ4v) is 6.88. The molecule has 4 aromatic rings. The van der Waals surface area contributed by atoms with Gasteiger partial charge >= 0.3 is 12.1 Å². The Labute approximate surface area is 265 Å². The zero-order chi connectivity index (χ0) is 31.6. The number of aromatic nitrogens is 2. The van der Waals surface area contributed by atoms with Crippen molar-refractivity contribution in [1.82, 2.24) is 19.6 Å². The zero-order valence-electron chi connectivity index (χ0n) is 26.6. The van der Waals surface area contributed by atoms with Crippen LogP contribution in [0.5, 0.6) is 0 Å². The Kier molecular flexibility index (Phi) is 9.00. The molecule has 0 aliphatic carbocycles. The second kappa shape index (κ2) is 13.1. The molecule has 45 heavy (non-hydrogen) atoms. The van der Waals surface area contributed by atoms with Gasteiger partial charge in [0.05, 0.1) is 11.8 Å². The number of rotatable bonds is 10. The van der Waals surface area contributed by atoms with Gasteiger partial charge in [0.15, 0.2) is 6.10 Å². The molecule has 0 spiro atoms. The summed E-state index contributed by atoms with van der Waals surface area (Å²) >= 11 is 0. The standard InChI is InChI=1S/C34H43N5O5Si/c1-24-18-25(19-27-21-38(36-32(24)27)23-42-16-17-45(2,3)4)20-31(30-10-7-15-43-30)44-34(41)37-13-11-28(12-14-37)39-22-26-8-5-6-9-29(26)35-33(39)40/h5-10,15,18-19,21,28,31H,11-14,16-17,20,22-23H2,1-4H3,(H,35,40). The molecule has 1 saturated heterocycles. The van der Waals surface area contributed by atoms with Gasteiger partial charge in [-0.25, -0.2) is 14.3 Å². The van der Waals surface area contributed by atoms with Crippen molar-refractivity contribution in [3.05, 3.63) is 83.4 Å². The van der Waals surface area contributed by atoms with E-state index in [2.05, 4.69) is 44.0 Å². The largest absolute Gasteiger partial charge is 0.465 e. The molecule has 0 radical (unpaired) electrons. The van der Waals surface area contributed by atoms with Gasteiger partial charge in [-0.15, -0.1) is 0 Å². The van der Waals surface area contributed by atoms with E-state index in [4.69, 9.17) is 19.0 Å². The highest BCUT2D eigenvalue weighted by atomic mass is 28.3. The first-order valence-corrected chi connectivity index (χ1v) is 19.5. The maximum atomic E-state index is 13.4. The van der Waals surface area contributed by atoms with Crippen molar-refractivity contribution >= 4 is 36.8 Å². The summed E-state index contributed by atoms with van der Waals surface area (Å²) in [6.07, 6.45) is 4.52. The molecule has 11 heteroatoms. The summed E-state index contributed by atoms with van der Waals surface area (Å²) in [4.78, 5) is 29.9. The molecule has 1 N–H and O–H groups in total. The van der Waals surface area contributed by atoms with Crippen molar-refractivity contribution in [1.29, 1.82) is 0 Å². The number of aryl methyl sites for hydroxylation is 1. The van der Waals surface area contributed by atoms with Gasteiger partial charge in [-0.2, -0.15) is 5.10 Å². The van der Waals surface area contributed by atoms with Crippen molar-refractivity contribution in [2.75, 3.05) is 25.0 Å². The summed E-state index contributed by atoms with van der Waals surface area (Å²) in [6.45, 7) is 11.9. The van der Waals surface area contributed by atoms with Crippen LogP contribution in [-0.2, 0) is 29.2 Å². The summed E-state index contributed by atoms with van der Waals surface area (Å²) in [6, 6.07) is 16.8. The minimum Gasteiger partial charge on any atom is -0.465 e. The van der Waals surface area contributed by atoms with Crippen molar-refractivity contribution in [2.24, 2.45) is 0 Å². The summed E-state index contributed by atoms with van der Waals surface area (Å²) < 4.78 is 19.6. The van der Waals surface area contributed by atoms with Crippen LogP contribution in [0.3, 0.4) is 0 Å². The van der Waals surface area contributed by atoms with E-state index >= 15 is 0 Å². The summed E-state index contributed by atoms with van der Waals surface area (Å²) in [7, 11) is -1.15. The molecule has 2 aliphatic rings. The van der Waals surface area contributed by atoms with Gasteiger partial charge in [0.2, 0.25) is 0 Å². The fraction of sp³-hybridized carbons (Fsp3) is 0.441. The number of carbonyl (C=O) groups excluding carboxylic acids is 2. The Morgan fingerprint density at radius 2 is 1.93 bits per heavy atom. The van der Waals surface area contributed by atoms with Gasteiger partial charge in [-0.05, 0) is 66.8 Å². The fourth-order valence-electron chi connectivity index (χ4n) is 6.12. The average Bonchev–Trinajstić information content (AvgIpc) is 3.69. The molecule has 6 rings (SSSR count). The molecule has 1 unspecified atom stereocenters. The Morgan fingerprint density at radius 1 is 1.13 bits per heavy atom. The molecule has 0 bridgehead atoms. The minimum absolute atomic E-state index is 0.0598. The van der Waals surface area contributed by atoms with E-state index in [1.807, 2.05) is 52.2 Å². The normalized spacial score (nSPS) is 16.5. The SMILES string of the molecule is Cc1cc(CC(OC(=O)N2CCC(N3Cc4ccccc4NC3=O)CC2)c2ccco2)cc2cn(COCC[Si](C)(C)C)nc12. The van der Waals surface area contributed by atoms with Crippen LogP contribution in [0.15, 0.2) is 65.4 Å². The summed E-state index contributed by atoms with van der Waals surface area (Å²) in [5.74, 6) is 0.603. The van der Waals surface area contributed by atoms with Gasteiger partial charge < -0.3 is 29.0 Å². The third-order valence-electron chi connectivity index (χ3n) is 8.67. The molecule has 238 valence electrons. The molecule has 1 fully saturated rings. The summed E-state index contributed by atoms with van der Waals surface area (Å²) in [5.41, 5.74) is 5.00. The van der Waals surface area contributed by atoms with E-state index in [1.54, 1.807) is 11.2 Å². The van der Waals surface area contributed by atoms with Crippen LogP contribution < -0.4 is 5.32 Å². The number of piperidine rings is 1. The van der Waals surface area contributed by atoms with Crippen LogP contribution in [0.4, 0.5) is 15.3 Å². The van der Waals surface area contributed by atoms with Crippen molar-refractivity contribution < 1.29 is 23.5 Å². The Morgan fingerprint density at radius 3 is 2.69 bits per heavy atom. The quantitative estimate of drug-likeness (QED) is 0.147. The van der Waals surface area contributed by atoms with E-state index in [9.17, 15) is 9.59 Å². The van der Waals surface area contributed by atoms with E-state index in [1.165, 1.54) is 0 Å². The molecule has 2 aromatic carbocycles. The Balaban J connectivity index is 1.08. The van der Waals surface area contributed by atoms with Crippen LogP contribution in [-0.4, -0.2) is 65.5 Å². The lowest BCUT2D eigenvalue weighted by molar-refractivity contribution is 0.0401. The third-order valence-corrected chi connectivity index (χ3v) is 10.4. The molecule has 2 aromatic heterocycles. The lowest BCUT2D eigenvalue weighted by atomic mass is 10.0. The number of likely N-dealkylation sites (tertiary alicyclic amines) is 1. The van der Waals surface area contributed by atoms with Crippen LogP contribution in [0, 0.1) is 6.92 Å². The predicted octanol–water partition coefficient (Wildman–Crippen LogP) is 7.18. The molecular weight excluding hydrogens is 586 g/mol. The number of fused-ring (bicyclic) bond motifs is 2. The lowest BCUT2D eigenvalue weighted by Gasteiger charge is -2.40. The summed E-state index contributed by atoms with van der Waals surface area (Å²) in [5, 5.41) is 8.77. The first kappa shape index (κ1) is 30.9. The van der Waals surface area contributed by atoms with E-state index in [-0.39, 0.29) is 18.2 Å². The topological polar surface area (TPSA) is 102 Å². The van der Waals surface area contributed by atoms with Crippen LogP contribution in [0.1, 0.15) is 41.4 Å². The zero-order valence-corrected chi connectivity index (χ0v) is 27.6. The van der Waals surface area contributed by atoms with Crippen molar-refractivity contribution in [2.45, 2.75) is 77.3 Å². The minimum atomic E-state index is -1.15. The molecule has 4 heterocycles. The predicted molar refractivity (Wildman–Crippen MR) is 176 cm³/mol. The highest BCUT2D eigenvalue weighted by Gasteiger charge is 2.34. The molecule has 3 amide bonds. The van der Waals surface area contributed by atoms with E-state index in [0.717, 1.165) is 45.9 Å². The maximum Gasteiger partial charge on any atom is 0.410 e. The monoisotopic (exact) mass is 629 g/mol. The second-order valence-corrected chi connectivity index (χ2v) is 19.0. The lowest BCUT2D eigenvalue weighted by Crippen LogP contribution is -2.51. The smallest absolute Gasteiger partial charge is 0.410 e. The number of benzene rings is 2. The van der Waals surface area contributed by atoms with E-state index < -0.39 is 14.2 Å². The number of amides is 3. The molecule has 10 nitrogen and oxygen atoms in total. The number of hydrogen-bond donors (Lipinski definition) is 1. The van der Waals surface area contributed by atoms with Gasteiger partial charge in [0.25, 0.3) is 0 Å². The highest BCUT2D eigenvalue weighted by Crippen LogP contribution is 2.30. The maximum absolute atomic E-state index is 13.4. The number of hydrogen-bond acceptors (Lipinski definition) is 6. The number of furan rings is 1. The van der Waals surface area contributed by atoms with Crippen molar-refractivity contribution in [3.8, 4) is 0 Å². The second-order valence-electron chi connectivity index (χ2n) is 13.4. The number of nitrogens with zero attached hydrogens (tertiary/aromatic N) is 4. The van der Waals surface area contributed by atoms with Gasteiger partial charge in [-0.3, -0.25) is 0 Å². The molecule has 1 atom stereocenters. The van der Waals surface area contributed by atoms with Crippen LogP contribution >= 0.6 is 0 Å². The first-order valence-electron chi connectivity index (χ1n) is 15.8. The van der Waals surface area contributed by atoms with Gasteiger partial charge in [-0.1, -0.05) is 43.9 Å². The third kappa shape index (κ3) is 7.42. The van der Waals surface area contributed by atoms with Gasteiger partial charge in [0.1, 0.15) is 12.5 Å². The van der Waals surface area contributed by atoms with Crippen LogP contribution in [0.2, 0.25) is 25.7 Å². The Bertz CT molecular complexity index is 1640. The number of ether oxygens (including phenoxy) is 2. The number of para-hydroxylation sites is 1. The number of carbonyl (C=O) groups is 2. The molecule has 2 aliphatic heterocycles.